The zero-order valence-electron chi connectivity index (χ0n) is 33.3. The molecule has 5 heteroatoms. The molecule has 297 valence electrons. The Morgan fingerprint density at radius 3 is 0.350 bits per heavy atom. The Labute approximate surface area is 373 Å². The van der Waals surface area contributed by atoms with Crippen molar-refractivity contribution in [2.45, 2.75) is 0 Å². The van der Waals surface area contributed by atoms with Crippen molar-refractivity contribution in [2.24, 2.45) is 0 Å². The molecule has 0 amide bonds. The first-order valence-electron chi connectivity index (χ1n) is 19.5. The van der Waals surface area contributed by atoms with Crippen molar-refractivity contribution in [1.29, 1.82) is 0 Å². The Morgan fingerprint density at radius 2 is 0.267 bits per heavy atom. The standard InChI is InChI=1S/3C18H15P.CH2O.Ir/c3*1-4-10-16(11-5-1)19(17-12-6-2-7-13-17)18-14-8-3-9-15-18;1-2;/h3*1-15H;1H2;. The quantitative estimate of drug-likeness (QED) is 0.132. The Bertz CT molecular complexity index is 1890. The van der Waals surface area contributed by atoms with Crippen molar-refractivity contribution in [3.63, 3.8) is 0 Å². The molecule has 0 bridgehead atoms. The van der Waals surface area contributed by atoms with Crippen LogP contribution in [0.15, 0.2) is 273 Å². The molecule has 1 nitrogen and oxygen atoms in total. The van der Waals surface area contributed by atoms with Gasteiger partial charge in [0.15, 0.2) is 0 Å². The molecule has 1 radical (unpaired) electrons. The zero-order valence-corrected chi connectivity index (χ0v) is 38.3. The number of carbonyl (C=O) groups excluding carboxylic acids is 1. The van der Waals surface area contributed by atoms with Gasteiger partial charge in [0.05, 0.1) is 0 Å². The van der Waals surface area contributed by atoms with Crippen molar-refractivity contribution in [3.8, 4) is 0 Å². The van der Waals surface area contributed by atoms with Gasteiger partial charge in [-0.3, -0.25) is 0 Å². The van der Waals surface area contributed by atoms with E-state index in [0.29, 0.717) is 0 Å². The minimum absolute atomic E-state index is 0. The van der Waals surface area contributed by atoms with Gasteiger partial charge in [-0.2, -0.15) is 0 Å². The summed E-state index contributed by atoms with van der Waals surface area (Å²) in [7, 11) is -1.34. The largest absolute Gasteiger partial charge is 0.307 e. The van der Waals surface area contributed by atoms with Crippen LogP contribution in [0, 0.1) is 0 Å². The number of rotatable bonds is 9. The van der Waals surface area contributed by atoms with E-state index in [0.717, 1.165) is 0 Å². The molecule has 0 fully saturated rings. The van der Waals surface area contributed by atoms with Gasteiger partial charge in [0, 0.05) is 20.1 Å². The third kappa shape index (κ3) is 13.3. The molecule has 9 aromatic carbocycles. The summed E-state index contributed by atoms with van der Waals surface area (Å²) >= 11 is 0. The molecule has 0 saturated heterocycles. The number of benzene rings is 9. The van der Waals surface area contributed by atoms with Crippen molar-refractivity contribution in [2.75, 3.05) is 0 Å². The molecule has 0 unspecified atom stereocenters. The predicted molar refractivity (Wildman–Crippen MR) is 263 cm³/mol. The van der Waals surface area contributed by atoms with Crippen LogP contribution in [0.25, 0.3) is 0 Å². The van der Waals surface area contributed by atoms with E-state index in [1.54, 1.807) is 0 Å². The zero-order chi connectivity index (χ0) is 40.7. The van der Waals surface area contributed by atoms with Gasteiger partial charge >= 0.3 is 0 Å². The van der Waals surface area contributed by atoms with Crippen molar-refractivity contribution in [3.05, 3.63) is 273 Å². The summed E-state index contributed by atoms with van der Waals surface area (Å²) in [5, 5.41) is 12.6. The minimum atomic E-state index is -0.446. The summed E-state index contributed by atoms with van der Waals surface area (Å²) in [5.41, 5.74) is 0. The maximum Gasteiger partial charge on any atom is 0.106 e. The summed E-state index contributed by atoms with van der Waals surface area (Å²) in [6.07, 6.45) is 0. The van der Waals surface area contributed by atoms with Crippen LogP contribution in [-0.2, 0) is 24.9 Å². The number of hydrogen-bond acceptors (Lipinski definition) is 1. The van der Waals surface area contributed by atoms with E-state index in [9.17, 15) is 0 Å². The summed E-state index contributed by atoms with van der Waals surface area (Å²) in [6, 6.07) is 97.0. The van der Waals surface area contributed by atoms with Crippen LogP contribution >= 0.6 is 23.8 Å². The van der Waals surface area contributed by atoms with E-state index >= 15 is 0 Å². The molecule has 0 spiro atoms. The third-order valence-electron chi connectivity index (χ3n) is 9.13. The predicted octanol–water partition coefficient (Wildman–Crippen LogP) is 10.1. The first-order valence-corrected chi connectivity index (χ1v) is 23.5. The average Bonchev–Trinajstić information content (AvgIpc) is 3.34. The smallest absolute Gasteiger partial charge is 0.106 e. The molecule has 0 N–H and O–H groups in total. The fourth-order valence-electron chi connectivity index (χ4n) is 6.54. The van der Waals surface area contributed by atoms with E-state index in [4.69, 9.17) is 4.79 Å². The first-order chi connectivity index (χ1) is 29.3. The second-order valence-electron chi connectivity index (χ2n) is 13.0. The molecular formula is C55H47IrOP3. The first kappa shape index (κ1) is 45.7. The van der Waals surface area contributed by atoms with Crippen LogP contribution in [0.3, 0.4) is 0 Å². The van der Waals surface area contributed by atoms with Gasteiger partial charge in [-0.1, -0.05) is 273 Å². The van der Waals surface area contributed by atoms with Gasteiger partial charge in [-0.05, 0) is 71.5 Å². The van der Waals surface area contributed by atoms with Gasteiger partial charge in [0.2, 0.25) is 0 Å². The molecular weight excluding hydrogens is 962 g/mol. The second kappa shape index (κ2) is 25.9. The summed E-state index contributed by atoms with van der Waals surface area (Å²) in [6.45, 7) is 2.00. The molecule has 0 aromatic heterocycles. The van der Waals surface area contributed by atoms with Gasteiger partial charge in [0.1, 0.15) is 6.79 Å². The average molecular weight is 1010 g/mol. The summed E-state index contributed by atoms with van der Waals surface area (Å²) in [5.74, 6) is 0. The van der Waals surface area contributed by atoms with E-state index in [-0.39, 0.29) is 20.1 Å². The molecule has 0 heterocycles. The second-order valence-corrected chi connectivity index (χ2v) is 19.7. The van der Waals surface area contributed by atoms with E-state index in [1.165, 1.54) is 47.7 Å². The molecule has 0 aliphatic rings. The Kier molecular flexibility index (Phi) is 19.7. The fourth-order valence-corrected chi connectivity index (χ4v) is 13.5. The van der Waals surface area contributed by atoms with Gasteiger partial charge in [-0.25, -0.2) is 0 Å². The Hall–Kier alpha value is -5.41. The monoisotopic (exact) mass is 1010 g/mol. The third-order valence-corrected chi connectivity index (χ3v) is 16.5. The van der Waals surface area contributed by atoms with Crippen LogP contribution in [0.4, 0.5) is 0 Å². The van der Waals surface area contributed by atoms with E-state index < -0.39 is 23.8 Å². The molecule has 0 saturated carbocycles. The molecule has 9 rings (SSSR count). The number of carbonyl (C=O) groups is 1. The van der Waals surface area contributed by atoms with Crippen LogP contribution in [0.2, 0.25) is 0 Å². The van der Waals surface area contributed by atoms with Crippen LogP contribution in [0.1, 0.15) is 0 Å². The maximum atomic E-state index is 8.00. The van der Waals surface area contributed by atoms with Crippen molar-refractivity contribution < 1.29 is 24.9 Å². The molecule has 0 aliphatic heterocycles. The van der Waals surface area contributed by atoms with E-state index in [1.807, 2.05) is 6.79 Å². The van der Waals surface area contributed by atoms with Crippen LogP contribution in [-0.4, -0.2) is 6.79 Å². The van der Waals surface area contributed by atoms with E-state index in [2.05, 4.69) is 273 Å². The molecule has 0 aliphatic carbocycles. The van der Waals surface area contributed by atoms with Gasteiger partial charge in [0.25, 0.3) is 0 Å². The molecule has 9 aromatic rings. The number of hydrogen-bond donors (Lipinski definition) is 0. The maximum absolute atomic E-state index is 8.00. The Morgan fingerprint density at radius 1 is 0.183 bits per heavy atom. The minimum Gasteiger partial charge on any atom is -0.307 e. The van der Waals surface area contributed by atoms with Gasteiger partial charge in [-0.15, -0.1) is 0 Å². The van der Waals surface area contributed by atoms with Crippen molar-refractivity contribution in [1.82, 2.24) is 0 Å². The normalized spacial score (nSPS) is 10.1. The van der Waals surface area contributed by atoms with Crippen molar-refractivity contribution >= 4 is 78.3 Å². The SMILES string of the molecule is C=O.[Ir].c1ccc(P(c2ccccc2)c2ccccc2)cc1.c1ccc(P(c2ccccc2)c2ccccc2)cc1.c1ccc(P(c2ccccc2)c2ccccc2)cc1. The fraction of sp³-hybridized carbons (Fsp3) is 0. The summed E-state index contributed by atoms with van der Waals surface area (Å²) < 4.78 is 0. The molecule has 60 heavy (non-hydrogen) atoms. The van der Waals surface area contributed by atoms with Crippen LogP contribution < -0.4 is 47.7 Å². The van der Waals surface area contributed by atoms with Gasteiger partial charge < -0.3 is 4.79 Å². The molecule has 0 atom stereocenters. The Balaban J connectivity index is 0.000000166. The topological polar surface area (TPSA) is 17.1 Å². The van der Waals surface area contributed by atoms with Crippen LogP contribution in [0.5, 0.6) is 0 Å². The summed E-state index contributed by atoms with van der Waals surface area (Å²) in [4.78, 5) is 8.00.